The van der Waals surface area contributed by atoms with Crippen molar-refractivity contribution in [2.24, 2.45) is 0 Å². The molecule has 2 rings (SSSR count). The molecule has 0 aliphatic heterocycles. The Labute approximate surface area is 136 Å². The molecule has 1 fully saturated rings. The number of carboxylic acid groups (broad SMARTS) is 1. The molecule has 21 heavy (non-hydrogen) atoms. The van der Waals surface area contributed by atoms with Gasteiger partial charge < -0.3 is 14.7 Å². The Balaban J connectivity index is 2.29. The molecule has 5 nitrogen and oxygen atoms in total. The van der Waals surface area contributed by atoms with Gasteiger partial charge in [0.2, 0.25) is 0 Å². The van der Waals surface area contributed by atoms with Crippen molar-refractivity contribution in [1.29, 1.82) is 0 Å². The van der Waals surface area contributed by atoms with Gasteiger partial charge in [0, 0.05) is 13.1 Å². The van der Waals surface area contributed by atoms with Gasteiger partial charge in [-0.2, -0.15) is 0 Å². The molecule has 1 amide bonds. The monoisotopic (exact) mass is 375 g/mol. The van der Waals surface area contributed by atoms with E-state index in [2.05, 4.69) is 15.9 Å². The number of hydrogen-bond donors (Lipinski definition) is 1. The summed E-state index contributed by atoms with van der Waals surface area (Å²) in [6.45, 7) is 0. The Kier molecular flexibility index (Phi) is 4.93. The van der Waals surface area contributed by atoms with Crippen LogP contribution >= 0.6 is 27.3 Å². The third-order valence-electron chi connectivity index (χ3n) is 4.11. The van der Waals surface area contributed by atoms with Crippen molar-refractivity contribution in [1.82, 2.24) is 4.90 Å². The van der Waals surface area contributed by atoms with Crippen molar-refractivity contribution in [2.75, 3.05) is 14.2 Å². The topological polar surface area (TPSA) is 66.8 Å². The summed E-state index contributed by atoms with van der Waals surface area (Å²) in [4.78, 5) is 26.3. The van der Waals surface area contributed by atoms with E-state index in [1.807, 2.05) is 0 Å². The van der Waals surface area contributed by atoms with Crippen LogP contribution in [0.25, 0.3) is 0 Å². The van der Waals surface area contributed by atoms with E-state index >= 15 is 0 Å². The second kappa shape index (κ2) is 6.36. The Morgan fingerprint density at radius 2 is 2.00 bits per heavy atom. The number of thiophene rings is 1. The lowest BCUT2D eigenvalue weighted by molar-refractivity contribution is -0.151. The predicted octanol–water partition coefficient (Wildman–Crippen LogP) is 3.38. The van der Waals surface area contributed by atoms with Crippen LogP contribution in [0.5, 0.6) is 5.75 Å². The Bertz CT molecular complexity index is 551. The molecule has 1 aliphatic rings. The van der Waals surface area contributed by atoms with Crippen molar-refractivity contribution in [2.45, 2.75) is 37.6 Å². The summed E-state index contributed by atoms with van der Waals surface area (Å²) in [6.07, 6.45) is 3.71. The predicted molar refractivity (Wildman–Crippen MR) is 84.1 cm³/mol. The molecule has 116 valence electrons. The molecule has 0 saturated heterocycles. The highest BCUT2D eigenvalue weighted by Gasteiger charge is 2.45. The number of amides is 1. The van der Waals surface area contributed by atoms with E-state index in [1.165, 1.54) is 23.3 Å². The second-order valence-corrected chi connectivity index (χ2v) is 7.58. The van der Waals surface area contributed by atoms with E-state index in [0.29, 0.717) is 23.5 Å². The second-order valence-electron chi connectivity index (χ2n) is 5.21. The van der Waals surface area contributed by atoms with Gasteiger partial charge in [0.25, 0.3) is 5.91 Å². The Hall–Kier alpha value is -1.08. The average molecular weight is 376 g/mol. The fourth-order valence-electron chi connectivity index (χ4n) is 2.79. The molecule has 0 aromatic carbocycles. The van der Waals surface area contributed by atoms with Crippen LogP contribution in [0.4, 0.5) is 0 Å². The van der Waals surface area contributed by atoms with Crippen LogP contribution < -0.4 is 4.74 Å². The van der Waals surface area contributed by atoms with Crippen molar-refractivity contribution in [3.63, 3.8) is 0 Å². The number of aliphatic carboxylic acids is 1. The number of rotatable bonds is 4. The van der Waals surface area contributed by atoms with Gasteiger partial charge >= 0.3 is 5.97 Å². The highest BCUT2D eigenvalue weighted by atomic mass is 79.9. The quantitative estimate of drug-likeness (QED) is 0.875. The van der Waals surface area contributed by atoms with E-state index in [9.17, 15) is 14.7 Å². The zero-order valence-corrected chi connectivity index (χ0v) is 14.4. The van der Waals surface area contributed by atoms with Crippen molar-refractivity contribution in [3.8, 4) is 5.75 Å². The van der Waals surface area contributed by atoms with Crippen LogP contribution in [0.3, 0.4) is 0 Å². The van der Waals surface area contributed by atoms with Gasteiger partial charge in [-0.1, -0.05) is 19.3 Å². The highest BCUT2D eigenvalue weighted by Crippen LogP contribution is 2.38. The SMILES string of the molecule is COc1cc(C(=O)N(C)C2(C(=O)O)CCCCC2)sc1Br. The molecule has 7 heteroatoms. The molecular formula is C14H18BrNO4S. The largest absolute Gasteiger partial charge is 0.495 e. The smallest absolute Gasteiger partial charge is 0.329 e. The normalized spacial score (nSPS) is 17.3. The van der Waals surface area contributed by atoms with Gasteiger partial charge in [-0.05, 0) is 28.8 Å². The van der Waals surface area contributed by atoms with Crippen molar-refractivity contribution >= 4 is 39.1 Å². The lowest BCUT2D eigenvalue weighted by Crippen LogP contribution is -2.56. The van der Waals surface area contributed by atoms with Gasteiger partial charge in [0.1, 0.15) is 15.1 Å². The molecule has 0 radical (unpaired) electrons. The number of carboxylic acids is 1. The summed E-state index contributed by atoms with van der Waals surface area (Å²) in [5.74, 6) is -0.598. The number of carbonyl (C=O) groups is 2. The maximum Gasteiger partial charge on any atom is 0.329 e. The molecule has 0 spiro atoms. The van der Waals surface area contributed by atoms with Gasteiger partial charge in [-0.15, -0.1) is 11.3 Å². The van der Waals surface area contributed by atoms with Crippen LogP contribution in [0, 0.1) is 0 Å². The third-order valence-corrected chi connectivity index (χ3v) is 5.88. The first-order valence-corrected chi connectivity index (χ1v) is 8.38. The van der Waals surface area contributed by atoms with Crippen LogP contribution in [0.2, 0.25) is 0 Å². The minimum Gasteiger partial charge on any atom is -0.495 e. The molecule has 1 aliphatic carbocycles. The molecule has 1 saturated carbocycles. The Morgan fingerprint density at radius 3 is 2.48 bits per heavy atom. The van der Waals surface area contributed by atoms with Gasteiger partial charge in [-0.3, -0.25) is 4.79 Å². The molecule has 1 aromatic heterocycles. The standard InChI is InChI=1S/C14H18BrNO4S/c1-16(14(13(18)19)6-4-3-5-7-14)12(17)10-8-9(20-2)11(15)21-10/h8H,3-7H2,1-2H3,(H,18,19). The fourth-order valence-corrected chi connectivity index (χ4v) is 4.41. The van der Waals surface area contributed by atoms with Gasteiger partial charge in [0.05, 0.1) is 12.0 Å². The Morgan fingerprint density at radius 1 is 1.38 bits per heavy atom. The number of likely N-dealkylation sites (N-methyl/N-ethyl adjacent to an activating group) is 1. The van der Waals surface area contributed by atoms with Crippen LogP contribution in [-0.2, 0) is 4.79 Å². The number of hydrogen-bond acceptors (Lipinski definition) is 4. The summed E-state index contributed by atoms with van der Waals surface area (Å²) in [6, 6.07) is 1.64. The van der Waals surface area contributed by atoms with E-state index in [-0.39, 0.29) is 5.91 Å². The van der Waals surface area contributed by atoms with Crippen molar-refractivity contribution < 1.29 is 19.4 Å². The molecule has 0 bridgehead atoms. The maximum absolute atomic E-state index is 12.6. The minimum atomic E-state index is -1.08. The minimum absolute atomic E-state index is 0.270. The summed E-state index contributed by atoms with van der Waals surface area (Å²) in [7, 11) is 3.12. The number of halogens is 1. The molecule has 1 aromatic rings. The zero-order valence-electron chi connectivity index (χ0n) is 12.0. The first-order chi connectivity index (χ1) is 9.92. The molecular weight excluding hydrogens is 358 g/mol. The van der Waals surface area contributed by atoms with Gasteiger partial charge in [0.15, 0.2) is 0 Å². The van der Waals surface area contributed by atoms with E-state index < -0.39 is 11.5 Å². The molecule has 1 heterocycles. The lowest BCUT2D eigenvalue weighted by atomic mass is 9.80. The zero-order chi connectivity index (χ0) is 15.6. The molecule has 0 unspecified atom stereocenters. The van der Waals surface area contributed by atoms with Crippen LogP contribution in [0.1, 0.15) is 41.8 Å². The van der Waals surface area contributed by atoms with E-state index in [1.54, 1.807) is 13.1 Å². The average Bonchev–Trinajstić information content (AvgIpc) is 2.87. The number of ether oxygens (including phenoxy) is 1. The summed E-state index contributed by atoms with van der Waals surface area (Å²) < 4.78 is 5.88. The number of nitrogens with zero attached hydrogens (tertiary/aromatic N) is 1. The maximum atomic E-state index is 12.6. The molecule has 1 N–H and O–H groups in total. The molecule has 0 atom stereocenters. The van der Waals surface area contributed by atoms with Crippen LogP contribution in [0.15, 0.2) is 9.85 Å². The van der Waals surface area contributed by atoms with E-state index in [0.717, 1.165) is 23.0 Å². The summed E-state index contributed by atoms with van der Waals surface area (Å²) in [5, 5.41) is 9.64. The first-order valence-electron chi connectivity index (χ1n) is 6.77. The van der Waals surface area contributed by atoms with Crippen molar-refractivity contribution in [3.05, 3.63) is 14.7 Å². The fraction of sp³-hybridized carbons (Fsp3) is 0.571. The third kappa shape index (κ3) is 2.94. The van der Waals surface area contributed by atoms with Crippen LogP contribution in [-0.4, -0.2) is 41.6 Å². The highest BCUT2D eigenvalue weighted by molar-refractivity contribution is 9.11. The summed E-state index contributed by atoms with van der Waals surface area (Å²) in [5.41, 5.74) is -1.08. The van der Waals surface area contributed by atoms with Gasteiger partial charge in [-0.25, -0.2) is 4.79 Å². The number of carbonyl (C=O) groups excluding carboxylic acids is 1. The van der Waals surface area contributed by atoms with E-state index in [4.69, 9.17) is 4.74 Å². The lowest BCUT2D eigenvalue weighted by Gasteiger charge is -2.40. The summed E-state index contributed by atoms with van der Waals surface area (Å²) >= 11 is 4.60. The first kappa shape index (κ1) is 16.3. The number of methoxy groups -OCH3 is 1.